The van der Waals surface area contributed by atoms with Gasteiger partial charge in [0, 0.05) is 30.4 Å². The van der Waals surface area contributed by atoms with Crippen molar-refractivity contribution in [2.45, 2.75) is 40.7 Å². The van der Waals surface area contributed by atoms with Crippen LogP contribution in [0.4, 0.5) is 11.4 Å². The number of allylic oxidation sites excluding steroid dienone is 1. The van der Waals surface area contributed by atoms with Crippen LogP contribution >= 0.6 is 11.3 Å². The molecule has 0 N–H and O–H groups in total. The lowest BCUT2D eigenvalue weighted by Gasteiger charge is -2.24. The SMILES string of the molecule is CCOC(=O)C1=C(C)N=c2s/c(=C/c3ccc(N(CC)CC)cc3)c(=O)n2[C@H]1c1ccc(C)c([N+](=O)[O-])c1. The quantitative estimate of drug-likeness (QED) is 0.247. The lowest BCUT2D eigenvalue weighted by molar-refractivity contribution is -0.385. The summed E-state index contributed by atoms with van der Waals surface area (Å²) in [5, 5.41) is 11.7. The smallest absolute Gasteiger partial charge is 0.338 e. The van der Waals surface area contributed by atoms with Crippen LogP contribution in [-0.4, -0.2) is 35.2 Å². The minimum atomic E-state index is -0.906. The summed E-state index contributed by atoms with van der Waals surface area (Å²) >= 11 is 1.22. The van der Waals surface area contributed by atoms with Crippen molar-refractivity contribution >= 4 is 34.8 Å². The molecule has 4 rings (SSSR count). The molecular weight excluding hydrogens is 504 g/mol. The number of hydrogen-bond acceptors (Lipinski definition) is 8. The van der Waals surface area contributed by atoms with Gasteiger partial charge in [-0.15, -0.1) is 0 Å². The lowest BCUT2D eigenvalue weighted by Crippen LogP contribution is -2.40. The number of carbonyl (C=O) groups excluding carboxylic acids is 1. The minimum Gasteiger partial charge on any atom is -0.463 e. The van der Waals surface area contributed by atoms with E-state index in [1.807, 2.05) is 24.3 Å². The Hall–Kier alpha value is -4.05. The van der Waals surface area contributed by atoms with Crippen molar-refractivity contribution in [3.05, 3.63) is 100 Å². The molecule has 0 saturated heterocycles. The summed E-state index contributed by atoms with van der Waals surface area (Å²) in [6.45, 7) is 11.2. The fourth-order valence-corrected chi connectivity index (χ4v) is 5.67. The van der Waals surface area contributed by atoms with E-state index >= 15 is 0 Å². The first-order valence-corrected chi connectivity index (χ1v) is 13.3. The highest BCUT2D eigenvalue weighted by Crippen LogP contribution is 2.33. The summed E-state index contributed by atoms with van der Waals surface area (Å²) in [6, 6.07) is 11.8. The number of carbonyl (C=O) groups is 1. The molecule has 2 aromatic carbocycles. The van der Waals surface area contributed by atoms with Gasteiger partial charge in [-0.25, -0.2) is 9.79 Å². The molecule has 10 heteroatoms. The number of esters is 1. The maximum Gasteiger partial charge on any atom is 0.338 e. The van der Waals surface area contributed by atoms with Gasteiger partial charge in [-0.3, -0.25) is 19.5 Å². The van der Waals surface area contributed by atoms with Gasteiger partial charge in [0.05, 0.1) is 33.4 Å². The zero-order valence-corrected chi connectivity index (χ0v) is 22.9. The molecule has 9 nitrogen and oxygen atoms in total. The van der Waals surface area contributed by atoms with E-state index < -0.39 is 16.9 Å². The lowest BCUT2D eigenvalue weighted by atomic mass is 9.94. The minimum absolute atomic E-state index is 0.0872. The van der Waals surface area contributed by atoms with Crippen LogP contribution in [-0.2, 0) is 9.53 Å². The molecule has 1 aliphatic heterocycles. The molecule has 1 atom stereocenters. The van der Waals surface area contributed by atoms with E-state index in [2.05, 4.69) is 23.7 Å². The van der Waals surface area contributed by atoms with Crippen LogP contribution in [0.25, 0.3) is 6.08 Å². The molecular formula is C28H30N4O5S. The average Bonchev–Trinajstić information content (AvgIpc) is 3.19. The molecule has 1 aliphatic rings. The summed E-state index contributed by atoms with van der Waals surface area (Å²) in [5.74, 6) is -0.608. The Labute approximate surface area is 224 Å². The van der Waals surface area contributed by atoms with Gasteiger partial charge in [0.25, 0.3) is 11.2 Å². The summed E-state index contributed by atoms with van der Waals surface area (Å²) in [5.41, 5.74) is 3.06. The Balaban J connectivity index is 1.90. The highest BCUT2D eigenvalue weighted by molar-refractivity contribution is 7.07. The molecule has 0 fully saturated rings. The molecule has 0 aliphatic carbocycles. The highest BCUT2D eigenvalue weighted by atomic mass is 32.1. The van der Waals surface area contributed by atoms with Gasteiger partial charge in [-0.2, -0.15) is 0 Å². The number of aryl methyl sites for hydroxylation is 1. The van der Waals surface area contributed by atoms with Crippen LogP contribution in [0.15, 0.2) is 63.5 Å². The number of thiazole rings is 1. The number of nitro benzene ring substituents is 1. The van der Waals surface area contributed by atoms with Crippen LogP contribution in [0.3, 0.4) is 0 Å². The molecule has 3 aromatic rings. The first-order valence-electron chi connectivity index (χ1n) is 12.5. The number of fused-ring (bicyclic) bond motifs is 1. The van der Waals surface area contributed by atoms with Crippen LogP contribution in [0.2, 0.25) is 0 Å². The fraction of sp³-hybridized carbons (Fsp3) is 0.321. The van der Waals surface area contributed by atoms with Crippen LogP contribution < -0.4 is 19.8 Å². The molecule has 0 bridgehead atoms. The largest absolute Gasteiger partial charge is 0.463 e. The third-order valence-corrected chi connectivity index (χ3v) is 7.57. The first-order chi connectivity index (χ1) is 18.2. The normalized spacial score (nSPS) is 15.2. The Bertz CT molecular complexity index is 1600. The predicted octanol–water partition coefficient (Wildman–Crippen LogP) is 3.86. The van der Waals surface area contributed by atoms with Crippen LogP contribution in [0, 0.1) is 17.0 Å². The second-order valence-corrected chi connectivity index (χ2v) is 9.88. The van der Waals surface area contributed by atoms with E-state index in [9.17, 15) is 19.7 Å². The number of nitrogens with zero attached hydrogens (tertiary/aromatic N) is 4. The van der Waals surface area contributed by atoms with Crippen molar-refractivity contribution in [2.75, 3.05) is 24.6 Å². The van der Waals surface area contributed by atoms with Gasteiger partial charge in [-0.05, 0) is 64.0 Å². The van der Waals surface area contributed by atoms with Crippen LogP contribution in [0.1, 0.15) is 50.4 Å². The Morgan fingerprint density at radius 1 is 1.16 bits per heavy atom. The molecule has 0 amide bonds. The Morgan fingerprint density at radius 2 is 1.84 bits per heavy atom. The third-order valence-electron chi connectivity index (χ3n) is 6.58. The van der Waals surface area contributed by atoms with Crippen molar-refractivity contribution in [2.24, 2.45) is 4.99 Å². The van der Waals surface area contributed by atoms with Crippen molar-refractivity contribution in [3.8, 4) is 0 Å². The summed E-state index contributed by atoms with van der Waals surface area (Å²) < 4.78 is 7.18. The first kappa shape index (κ1) is 27.0. The maximum atomic E-state index is 13.8. The molecule has 198 valence electrons. The number of nitro groups is 1. The molecule has 0 unspecified atom stereocenters. The van der Waals surface area contributed by atoms with E-state index in [-0.39, 0.29) is 23.4 Å². The number of hydrogen-bond donors (Lipinski definition) is 0. The van der Waals surface area contributed by atoms with Crippen molar-refractivity contribution in [1.82, 2.24) is 4.57 Å². The summed E-state index contributed by atoms with van der Waals surface area (Å²) in [6.07, 6.45) is 1.80. The van der Waals surface area contributed by atoms with Gasteiger partial charge in [0.15, 0.2) is 4.80 Å². The molecule has 0 spiro atoms. The van der Waals surface area contributed by atoms with E-state index in [1.165, 1.54) is 22.0 Å². The zero-order valence-electron chi connectivity index (χ0n) is 22.1. The summed E-state index contributed by atoms with van der Waals surface area (Å²) in [7, 11) is 0. The monoisotopic (exact) mass is 534 g/mol. The molecule has 38 heavy (non-hydrogen) atoms. The second kappa shape index (κ2) is 11.1. The predicted molar refractivity (Wildman–Crippen MR) is 148 cm³/mol. The standard InChI is InChI=1S/C28H30N4O5S/c1-6-30(7-2)21-13-10-19(11-14-21)15-23-26(33)31-25(20-12-9-17(4)22(16-20)32(35)36)24(27(34)37-8-3)18(5)29-28(31)38-23/h9-16,25H,6-8H2,1-5H3/b23-15+/t25-/m0/s1. The van der Waals surface area contributed by atoms with E-state index in [1.54, 1.807) is 39.0 Å². The van der Waals surface area contributed by atoms with Gasteiger partial charge >= 0.3 is 5.97 Å². The van der Waals surface area contributed by atoms with Crippen molar-refractivity contribution in [1.29, 1.82) is 0 Å². The topological polar surface area (TPSA) is 107 Å². The van der Waals surface area contributed by atoms with E-state index in [0.29, 0.717) is 26.2 Å². The number of aromatic nitrogens is 1. The number of ether oxygens (including phenoxy) is 1. The molecule has 0 radical (unpaired) electrons. The molecule has 1 aromatic heterocycles. The van der Waals surface area contributed by atoms with Gasteiger partial charge in [-0.1, -0.05) is 35.6 Å². The molecule has 2 heterocycles. The van der Waals surface area contributed by atoms with Crippen molar-refractivity contribution in [3.63, 3.8) is 0 Å². The Kier molecular flexibility index (Phi) is 7.91. The third kappa shape index (κ3) is 5.04. The average molecular weight is 535 g/mol. The maximum absolute atomic E-state index is 13.8. The van der Waals surface area contributed by atoms with Crippen molar-refractivity contribution < 1.29 is 14.5 Å². The highest BCUT2D eigenvalue weighted by Gasteiger charge is 2.34. The van der Waals surface area contributed by atoms with Gasteiger partial charge < -0.3 is 9.64 Å². The van der Waals surface area contributed by atoms with E-state index in [0.717, 1.165) is 24.3 Å². The fourth-order valence-electron chi connectivity index (χ4n) is 4.62. The molecule has 0 saturated carbocycles. The zero-order chi connectivity index (χ0) is 27.6. The van der Waals surface area contributed by atoms with Gasteiger partial charge in [0.2, 0.25) is 0 Å². The van der Waals surface area contributed by atoms with Crippen LogP contribution in [0.5, 0.6) is 0 Å². The number of benzene rings is 2. The number of rotatable bonds is 8. The second-order valence-electron chi connectivity index (χ2n) is 8.87. The van der Waals surface area contributed by atoms with Gasteiger partial charge in [0.1, 0.15) is 0 Å². The number of anilines is 1. The summed E-state index contributed by atoms with van der Waals surface area (Å²) in [4.78, 5) is 45.2. The van der Waals surface area contributed by atoms with E-state index in [4.69, 9.17) is 4.74 Å². The Morgan fingerprint density at radius 3 is 2.45 bits per heavy atom.